The number of methoxy groups -OCH3 is 1. The van der Waals surface area contributed by atoms with Crippen LogP contribution in [0.5, 0.6) is 0 Å². The fourth-order valence-corrected chi connectivity index (χ4v) is 3.84. The summed E-state index contributed by atoms with van der Waals surface area (Å²) in [5.41, 5.74) is 1.05. The van der Waals surface area contributed by atoms with Crippen LogP contribution in [0.4, 0.5) is 0 Å². The van der Waals surface area contributed by atoms with E-state index >= 15 is 0 Å². The minimum atomic E-state index is -0.179. The molecule has 1 heterocycles. The van der Waals surface area contributed by atoms with Gasteiger partial charge in [-0.3, -0.25) is 4.79 Å². The molecule has 2 atom stereocenters. The number of esters is 1. The molecule has 0 radical (unpaired) electrons. The standard InChI is InChI=1S/C16H23NO2S/c1-3-14-11-17(9-10-20-14)12-15(16(18)19-2)13-7-5-4-6-8-13/h4-8,14-15H,3,9-12H2,1-2H3. The quantitative estimate of drug-likeness (QED) is 0.781. The highest BCUT2D eigenvalue weighted by atomic mass is 32.2. The molecule has 2 unspecified atom stereocenters. The summed E-state index contributed by atoms with van der Waals surface area (Å²) < 4.78 is 4.99. The summed E-state index contributed by atoms with van der Waals surface area (Å²) in [6, 6.07) is 9.95. The summed E-state index contributed by atoms with van der Waals surface area (Å²) in [6.45, 7) is 5.12. The van der Waals surface area contributed by atoms with E-state index in [0.29, 0.717) is 5.25 Å². The van der Waals surface area contributed by atoms with Crippen molar-refractivity contribution in [3.05, 3.63) is 35.9 Å². The normalized spacial score (nSPS) is 21.4. The molecular weight excluding hydrogens is 270 g/mol. The second kappa shape index (κ2) is 7.70. The van der Waals surface area contributed by atoms with E-state index < -0.39 is 0 Å². The van der Waals surface area contributed by atoms with Crippen LogP contribution in [0.1, 0.15) is 24.8 Å². The second-order valence-electron chi connectivity index (χ2n) is 5.15. The largest absolute Gasteiger partial charge is 0.469 e. The minimum absolute atomic E-state index is 0.137. The summed E-state index contributed by atoms with van der Waals surface area (Å²) in [5.74, 6) is 0.838. The topological polar surface area (TPSA) is 29.5 Å². The van der Waals surface area contributed by atoms with Gasteiger partial charge in [-0.2, -0.15) is 11.8 Å². The molecule has 0 N–H and O–H groups in total. The molecule has 0 aromatic heterocycles. The highest BCUT2D eigenvalue weighted by Gasteiger charge is 2.27. The van der Waals surface area contributed by atoms with Crippen LogP contribution in [0, 0.1) is 0 Å². The van der Waals surface area contributed by atoms with Crippen molar-refractivity contribution >= 4 is 17.7 Å². The molecule has 0 saturated carbocycles. The van der Waals surface area contributed by atoms with E-state index in [1.165, 1.54) is 13.5 Å². The van der Waals surface area contributed by atoms with Crippen molar-refractivity contribution in [3.8, 4) is 0 Å². The van der Waals surface area contributed by atoms with Crippen LogP contribution in [-0.2, 0) is 9.53 Å². The lowest BCUT2D eigenvalue weighted by atomic mass is 9.98. The van der Waals surface area contributed by atoms with Gasteiger partial charge >= 0.3 is 5.97 Å². The lowest BCUT2D eigenvalue weighted by molar-refractivity contribution is -0.142. The van der Waals surface area contributed by atoms with Crippen molar-refractivity contribution in [1.82, 2.24) is 4.90 Å². The van der Waals surface area contributed by atoms with E-state index in [2.05, 4.69) is 11.8 Å². The average Bonchev–Trinajstić information content (AvgIpc) is 2.53. The Labute approximate surface area is 125 Å². The van der Waals surface area contributed by atoms with E-state index in [1.54, 1.807) is 0 Å². The van der Waals surface area contributed by atoms with Gasteiger partial charge < -0.3 is 9.64 Å². The Bertz CT molecular complexity index is 424. The van der Waals surface area contributed by atoms with E-state index in [1.807, 2.05) is 42.1 Å². The van der Waals surface area contributed by atoms with Crippen molar-refractivity contribution < 1.29 is 9.53 Å². The number of rotatable bonds is 5. The SMILES string of the molecule is CCC1CN(CC(C(=O)OC)c2ccccc2)CCS1. The summed E-state index contributed by atoms with van der Waals surface area (Å²) in [6.07, 6.45) is 1.19. The van der Waals surface area contributed by atoms with Gasteiger partial charge in [-0.25, -0.2) is 0 Å². The zero-order valence-corrected chi connectivity index (χ0v) is 13.1. The van der Waals surface area contributed by atoms with Gasteiger partial charge in [0.25, 0.3) is 0 Å². The van der Waals surface area contributed by atoms with Crippen molar-refractivity contribution in [2.24, 2.45) is 0 Å². The molecule has 110 valence electrons. The number of carbonyl (C=O) groups is 1. The number of nitrogens with zero attached hydrogens (tertiary/aromatic N) is 1. The predicted octanol–water partition coefficient (Wildman–Crippen LogP) is 2.77. The number of hydrogen-bond donors (Lipinski definition) is 0. The average molecular weight is 293 g/mol. The maximum atomic E-state index is 12.1. The van der Waals surface area contributed by atoms with Gasteiger partial charge in [0, 0.05) is 30.6 Å². The molecule has 4 heteroatoms. The molecule has 0 amide bonds. The fraction of sp³-hybridized carbons (Fsp3) is 0.562. The van der Waals surface area contributed by atoms with Crippen LogP contribution in [-0.4, -0.2) is 48.6 Å². The first kappa shape index (κ1) is 15.4. The lowest BCUT2D eigenvalue weighted by Crippen LogP contribution is -2.41. The molecule has 3 nitrogen and oxygen atoms in total. The molecule has 0 spiro atoms. The Morgan fingerprint density at radius 3 is 2.85 bits per heavy atom. The molecule has 1 aromatic carbocycles. The van der Waals surface area contributed by atoms with Gasteiger partial charge in [-0.05, 0) is 12.0 Å². The van der Waals surface area contributed by atoms with Crippen molar-refractivity contribution in [3.63, 3.8) is 0 Å². The predicted molar refractivity (Wildman–Crippen MR) is 84.2 cm³/mol. The zero-order valence-electron chi connectivity index (χ0n) is 12.2. The van der Waals surface area contributed by atoms with Crippen LogP contribution in [0.3, 0.4) is 0 Å². The van der Waals surface area contributed by atoms with E-state index in [0.717, 1.165) is 31.0 Å². The third-order valence-corrected chi connectivity index (χ3v) is 5.18. The minimum Gasteiger partial charge on any atom is -0.469 e. The van der Waals surface area contributed by atoms with E-state index in [9.17, 15) is 4.79 Å². The molecule has 0 aliphatic carbocycles. The van der Waals surface area contributed by atoms with Crippen LogP contribution in [0.15, 0.2) is 30.3 Å². The molecular formula is C16H23NO2S. The first-order valence-corrected chi connectivity index (χ1v) is 8.26. The van der Waals surface area contributed by atoms with Crippen LogP contribution in [0.2, 0.25) is 0 Å². The molecule has 1 aliphatic rings. The first-order valence-electron chi connectivity index (χ1n) is 7.21. The molecule has 0 bridgehead atoms. The van der Waals surface area contributed by atoms with Gasteiger partial charge in [-0.1, -0.05) is 37.3 Å². The molecule has 20 heavy (non-hydrogen) atoms. The van der Waals surface area contributed by atoms with E-state index in [-0.39, 0.29) is 11.9 Å². The van der Waals surface area contributed by atoms with E-state index in [4.69, 9.17) is 4.74 Å². The Kier molecular flexibility index (Phi) is 5.92. The molecule has 1 fully saturated rings. The number of thioether (sulfide) groups is 1. The summed E-state index contributed by atoms with van der Waals surface area (Å²) in [5, 5.41) is 0.692. The summed E-state index contributed by atoms with van der Waals surface area (Å²) >= 11 is 2.05. The third kappa shape index (κ3) is 4.00. The van der Waals surface area contributed by atoms with Gasteiger partial charge in [0.2, 0.25) is 0 Å². The van der Waals surface area contributed by atoms with Crippen LogP contribution < -0.4 is 0 Å². The van der Waals surface area contributed by atoms with Gasteiger partial charge in [0.1, 0.15) is 0 Å². The van der Waals surface area contributed by atoms with Gasteiger partial charge in [0.15, 0.2) is 0 Å². The number of hydrogen-bond acceptors (Lipinski definition) is 4. The molecule has 1 saturated heterocycles. The molecule has 2 rings (SSSR count). The Hall–Kier alpha value is -1.00. The second-order valence-corrected chi connectivity index (χ2v) is 6.56. The Morgan fingerprint density at radius 1 is 1.45 bits per heavy atom. The number of ether oxygens (including phenoxy) is 1. The Morgan fingerprint density at radius 2 is 2.20 bits per heavy atom. The van der Waals surface area contributed by atoms with Gasteiger partial charge in [0.05, 0.1) is 13.0 Å². The maximum absolute atomic E-state index is 12.1. The first-order chi connectivity index (χ1) is 9.74. The monoisotopic (exact) mass is 293 g/mol. The summed E-state index contributed by atoms with van der Waals surface area (Å²) in [7, 11) is 1.47. The van der Waals surface area contributed by atoms with Crippen molar-refractivity contribution in [2.45, 2.75) is 24.5 Å². The highest BCUT2D eigenvalue weighted by Crippen LogP contribution is 2.25. The van der Waals surface area contributed by atoms with Crippen molar-refractivity contribution in [2.75, 3.05) is 32.5 Å². The lowest BCUT2D eigenvalue weighted by Gasteiger charge is -2.33. The molecule has 1 aliphatic heterocycles. The van der Waals surface area contributed by atoms with Crippen LogP contribution in [0.25, 0.3) is 0 Å². The van der Waals surface area contributed by atoms with Crippen LogP contribution >= 0.6 is 11.8 Å². The number of benzene rings is 1. The zero-order chi connectivity index (χ0) is 14.4. The third-order valence-electron chi connectivity index (χ3n) is 3.81. The Balaban J connectivity index is 2.06. The van der Waals surface area contributed by atoms with Crippen molar-refractivity contribution in [1.29, 1.82) is 0 Å². The smallest absolute Gasteiger partial charge is 0.314 e. The fourth-order valence-electron chi connectivity index (χ4n) is 2.60. The summed E-state index contributed by atoms with van der Waals surface area (Å²) in [4.78, 5) is 14.5. The van der Waals surface area contributed by atoms with Gasteiger partial charge in [-0.15, -0.1) is 0 Å². The maximum Gasteiger partial charge on any atom is 0.314 e. The molecule has 1 aromatic rings. The number of carbonyl (C=O) groups excluding carboxylic acids is 1. The highest BCUT2D eigenvalue weighted by molar-refractivity contribution is 8.00.